The zero-order valence-corrected chi connectivity index (χ0v) is 19.0. The van der Waals surface area contributed by atoms with Gasteiger partial charge < -0.3 is 0 Å². The number of carbonyl (C=O) groups is 1. The van der Waals surface area contributed by atoms with Gasteiger partial charge in [-0.25, -0.2) is 0 Å². The number of thioether (sulfide) groups is 1. The number of pyridine rings is 1. The first-order valence-electron chi connectivity index (χ1n) is 9.63. The summed E-state index contributed by atoms with van der Waals surface area (Å²) in [5.74, 6) is 0.867. The van der Waals surface area contributed by atoms with E-state index in [1.54, 1.807) is 24.5 Å². The van der Waals surface area contributed by atoms with Gasteiger partial charge in [0.25, 0.3) is 0 Å². The van der Waals surface area contributed by atoms with Crippen LogP contribution in [0.15, 0.2) is 72.1 Å². The molecule has 2 aromatic heterocycles. The molecule has 0 bridgehead atoms. The van der Waals surface area contributed by atoms with E-state index in [0.717, 1.165) is 17.7 Å². The maximum absolute atomic E-state index is 12.7. The Bertz CT molecular complexity index is 1210. The first-order valence-corrected chi connectivity index (χ1v) is 11.4. The van der Waals surface area contributed by atoms with E-state index in [-0.39, 0.29) is 11.5 Å². The van der Waals surface area contributed by atoms with Crippen LogP contribution >= 0.6 is 35.0 Å². The van der Waals surface area contributed by atoms with Crippen molar-refractivity contribution in [3.8, 4) is 17.1 Å². The second kappa shape index (κ2) is 9.64. The lowest BCUT2D eigenvalue weighted by molar-refractivity contribution is 0.102. The summed E-state index contributed by atoms with van der Waals surface area (Å²) in [7, 11) is 0. The summed E-state index contributed by atoms with van der Waals surface area (Å²) in [6, 6.07) is 16.8. The highest BCUT2D eigenvalue weighted by atomic mass is 35.5. The highest BCUT2D eigenvalue weighted by Gasteiger charge is 2.18. The van der Waals surface area contributed by atoms with Crippen molar-refractivity contribution in [3.05, 3.63) is 88.2 Å². The maximum Gasteiger partial charge on any atom is 0.196 e. The largest absolute Gasteiger partial charge is 0.293 e. The number of carbonyl (C=O) groups excluding carboxylic acids is 1. The molecule has 2 heterocycles. The number of hydrogen-bond donors (Lipinski definition) is 0. The van der Waals surface area contributed by atoms with Crippen molar-refractivity contribution >= 4 is 40.7 Å². The van der Waals surface area contributed by atoms with Gasteiger partial charge in [-0.3, -0.25) is 14.3 Å². The van der Waals surface area contributed by atoms with Crippen molar-refractivity contribution in [2.45, 2.75) is 18.5 Å². The summed E-state index contributed by atoms with van der Waals surface area (Å²) in [4.78, 5) is 16.9. The molecule has 0 aliphatic carbocycles. The van der Waals surface area contributed by atoms with Crippen molar-refractivity contribution in [1.82, 2.24) is 19.7 Å². The van der Waals surface area contributed by atoms with E-state index >= 15 is 0 Å². The molecule has 0 radical (unpaired) electrons. The molecule has 0 spiro atoms. The zero-order valence-electron chi connectivity index (χ0n) is 16.6. The number of hydrogen-bond acceptors (Lipinski definition) is 5. The second-order valence-corrected chi connectivity index (χ2v) is 8.50. The number of aromatic nitrogens is 4. The van der Waals surface area contributed by atoms with Gasteiger partial charge in [0, 0.05) is 23.5 Å². The minimum Gasteiger partial charge on any atom is -0.293 e. The molecule has 31 heavy (non-hydrogen) atoms. The number of halogens is 2. The average Bonchev–Trinajstić information content (AvgIpc) is 3.24. The molecule has 8 heteroatoms. The van der Waals surface area contributed by atoms with Crippen LogP contribution in [0.3, 0.4) is 0 Å². The van der Waals surface area contributed by atoms with Gasteiger partial charge in [0.1, 0.15) is 0 Å². The summed E-state index contributed by atoms with van der Waals surface area (Å²) in [5, 5.41) is 10.1. The Hall–Kier alpha value is -2.67. The van der Waals surface area contributed by atoms with E-state index in [2.05, 4.69) is 22.1 Å². The average molecular weight is 469 g/mol. The Kier molecular flexibility index (Phi) is 6.70. The van der Waals surface area contributed by atoms with Crippen LogP contribution in [0.25, 0.3) is 17.1 Å². The highest BCUT2D eigenvalue weighted by molar-refractivity contribution is 7.99. The van der Waals surface area contributed by atoms with E-state index < -0.39 is 0 Å². The van der Waals surface area contributed by atoms with Gasteiger partial charge in [0.05, 0.1) is 21.5 Å². The first-order chi connectivity index (χ1) is 15.1. The summed E-state index contributed by atoms with van der Waals surface area (Å²) >= 11 is 13.7. The zero-order chi connectivity index (χ0) is 21.8. The van der Waals surface area contributed by atoms with E-state index in [9.17, 15) is 4.79 Å². The van der Waals surface area contributed by atoms with Gasteiger partial charge in [0.2, 0.25) is 0 Å². The number of rotatable bonds is 7. The molecule has 0 amide bonds. The van der Waals surface area contributed by atoms with Gasteiger partial charge >= 0.3 is 0 Å². The summed E-state index contributed by atoms with van der Waals surface area (Å²) in [6.45, 7) is 2.09. The van der Waals surface area contributed by atoms with Crippen LogP contribution in [0.5, 0.6) is 0 Å². The number of aryl methyl sites for hydroxylation is 1. The Morgan fingerprint density at radius 2 is 1.84 bits per heavy atom. The quantitative estimate of drug-likeness (QED) is 0.239. The highest BCUT2D eigenvalue weighted by Crippen LogP contribution is 2.31. The van der Waals surface area contributed by atoms with Gasteiger partial charge in [-0.1, -0.05) is 66.2 Å². The lowest BCUT2D eigenvalue weighted by Gasteiger charge is -2.11. The lowest BCUT2D eigenvalue weighted by Crippen LogP contribution is -2.05. The minimum absolute atomic E-state index is 0.0271. The maximum atomic E-state index is 12.7. The van der Waals surface area contributed by atoms with Crippen molar-refractivity contribution in [3.63, 3.8) is 0 Å². The first kappa shape index (κ1) is 21.6. The molecule has 4 rings (SSSR count). The van der Waals surface area contributed by atoms with Crippen LogP contribution in [-0.4, -0.2) is 31.3 Å². The fraction of sp³-hybridized carbons (Fsp3) is 0.130. The number of nitrogens with zero attached hydrogens (tertiary/aromatic N) is 4. The summed E-state index contributed by atoms with van der Waals surface area (Å²) in [5.41, 5.74) is 3.43. The van der Waals surface area contributed by atoms with Crippen LogP contribution in [0.2, 0.25) is 10.0 Å². The molecule has 4 aromatic rings. The number of Topliss-reactive ketones (excluding diaryl/α,β-unsaturated/α-hetero) is 1. The van der Waals surface area contributed by atoms with Crippen molar-refractivity contribution in [2.75, 3.05) is 5.75 Å². The number of ketones is 1. The van der Waals surface area contributed by atoms with Gasteiger partial charge in [-0.2, -0.15) is 0 Å². The monoisotopic (exact) mass is 468 g/mol. The van der Waals surface area contributed by atoms with Crippen LogP contribution in [-0.2, 0) is 6.42 Å². The van der Waals surface area contributed by atoms with Crippen LogP contribution in [0.1, 0.15) is 22.8 Å². The van der Waals surface area contributed by atoms with Gasteiger partial charge in [-0.15, -0.1) is 10.2 Å². The molecule has 5 nitrogen and oxygen atoms in total. The molecular weight excluding hydrogens is 451 g/mol. The molecule has 0 aliphatic heterocycles. The summed E-state index contributed by atoms with van der Waals surface area (Å²) < 4.78 is 1.86. The van der Waals surface area contributed by atoms with Crippen molar-refractivity contribution in [2.24, 2.45) is 0 Å². The minimum atomic E-state index is 0.0271. The van der Waals surface area contributed by atoms with Crippen LogP contribution in [0, 0.1) is 0 Å². The fourth-order valence-electron chi connectivity index (χ4n) is 3.04. The van der Waals surface area contributed by atoms with Gasteiger partial charge in [0.15, 0.2) is 16.8 Å². The fourth-order valence-corrected chi connectivity index (χ4v) is 4.18. The predicted octanol–water partition coefficient (Wildman–Crippen LogP) is 6.17. The topological polar surface area (TPSA) is 60.7 Å². The lowest BCUT2D eigenvalue weighted by atomic mass is 10.1. The van der Waals surface area contributed by atoms with Gasteiger partial charge in [-0.05, 0) is 42.3 Å². The van der Waals surface area contributed by atoms with E-state index in [4.69, 9.17) is 23.2 Å². The van der Waals surface area contributed by atoms with Crippen LogP contribution in [0.4, 0.5) is 0 Å². The van der Waals surface area contributed by atoms with Crippen LogP contribution < -0.4 is 0 Å². The molecule has 0 saturated carbocycles. The smallest absolute Gasteiger partial charge is 0.196 e. The molecule has 0 N–H and O–H groups in total. The molecule has 0 aliphatic rings. The molecule has 2 aromatic carbocycles. The molecule has 0 fully saturated rings. The predicted molar refractivity (Wildman–Crippen MR) is 125 cm³/mol. The van der Waals surface area contributed by atoms with E-state index in [1.807, 2.05) is 47.0 Å². The Morgan fingerprint density at radius 3 is 2.52 bits per heavy atom. The SMILES string of the molecule is CCc1ccc(C(=O)CSc2nnc(-c3cccnc3)n2-c2ccc(Cl)c(Cl)c2)cc1. The summed E-state index contributed by atoms with van der Waals surface area (Å²) in [6.07, 6.45) is 4.35. The van der Waals surface area contributed by atoms with E-state index in [1.165, 1.54) is 17.3 Å². The molecule has 156 valence electrons. The Labute approximate surface area is 194 Å². The molecule has 0 atom stereocenters. The third-order valence-electron chi connectivity index (χ3n) is 4.73. The molecular formula is C23H18Cl2N4OS. The van der Waals surface area contributed by atoms with Crippen molar-refractivity contribution in [1.29, 1.82) is 0 Å². The standard InChI is InChI=1S/C23H18Cl2N4OS/c1-2-15-5-7-16(8-6-15)21(30)14-31-23-28-27-22(17-4-3-11-26-13-17)29(23)18-9-10-19(24)20(25)12-18/h3-13H,2,14H2,1H3. The molecule has 0 saturated heterocycles. The van der Waals surface area contributed by atoms with Crippen molar-refractivity contribution < 1.29 is 4.79 Å². The Morgan fingerprint density at radius 1 is 1.03 bits per heavy atom. The second-order valence-electron chi connectivity index (χ2n) is 6.74. The Balaban J connectivity index is 1.66. The third kappa shape index (κ3) is 4.82. The molecule has 0 unspecified atom stereocenters. The van der Waals surface area contributed by atoms with E-state index in [0.29, 0.717) is 26.6 Å². The third-order valence-corrected chi connectivity index (χ3v) is 6.40. The number of benzene rings is 2. The normalized spacial score (nSPS) is 10.9.